The number of nitrogens with one attached hydrogen (secondary N) is 1. The molecule has 0 radical (unpaired) electrons. The molecule has 1 aliphatic carbocycles. The third-order valence-electron chi connectivity index (χ3n) is 3.45. The number of hydrogen-bond acceptors (Lipinski definition) is 2. The van der Waals surface area contributed by atoms with E-state index in [1.807, 2.05) is 0 Å². The van der Waals surface area contributed by atoms with Crippen molar-refractivity contribution in [3.05, 3.63) is 29.6 Å². The molecule has 0 unspecified atom stereocenters. The number of alkyl halides is 5. The van der Waals surface area contributed by atoms with Gasteiger partial charge >= 0.3 is 6.18 Å². The van der Waals surface area contributed by atoms with E-state index in [-0.39, 0.29) is 5.69 Å². The van der Waals surface area contributed by atoms with Crippen LogP contribution in [0.15, 0.2) is 18.2 Å². The summed E-state index contributed by atoms with van der Waals surface area (Å²) >= 11 is 0. The molecular formula is C13H12F6N2O. The highest BCUT2D eigenvalue weighted by molar-refractivity contribution is 5.93. The van der Waals surface area contributed by atoms with Crippen molar-refractivity contribution in [2.45, 2.75) is 31.0 Å². The minimum absolute atomic E-state index is 0.332. The molecule has 1 aliphatic rings. The summed E-state index contributed by atoms with van der Waals surface area (Å²) in [5.41, 5.74) is 3.57. The molecule has 9 heteroatoms. The Balaban J connectivity index is 2.16. The quantitative estimate of drug-likeness (QED) is 0.820. The van der Waals surface area contributed by atoms with Crippen molar-refractivity contribution in [3.63, 3.8) is 0 Å². The lowest BCUT2D eigenvalue weighted by atomic mass is 10.0. The van der Waals surface area contributed by atoms with Crippen molar-refractivity contribution in [1.29, 1.82) is 0 Å². The number of benzene rings is 1. The van der Waals surface area contributed by atoms with Crippen molar-refractivity contribution in [1.82, 2.24) is 0 Å². The standard InChI is InChI=1S/C13H12F6N2O/c14-9-2-1-6(3-8(9)13(17,18)19)21-11(22)7-4-12(15,16)5-10(7)20/h1-3,7,10H,4-5,20H2,(H,21,22)/t7-,10+/m1/s1. The van der Waals surface area contributed by atoms with Crippen molar-refractivity contribution in [3.8, 4) is 0 Å². The van der Waals surface area contributed by atoms with E-state index in [2.05, 4.69) is 5.32 Å². The minimum atomic E-state index is -4.93. The third kappa shape index (κ3) is 3.52. The highest BCUT2D eigenvalue weighted by atomic mass is 19.4. The average molecular weight is 326 g/mol. The zero-order chi connectivity index (χ0) is 16.7. The van der Waals surface area contributed by atoms with E-state index in [0.717, 1.165) is 6.07 Å². The van der Waals surface area contributed by atoms with Gasteiger partial charge in [0.1, 0.15) is 5.82 Å². The molecule has 2 rings (SSSR count). The van der Waals surface area contributed by atoms with Crippen LogP contribution < -0.4 is 11.1 Å². The highest BCUT2D eigenvalue weighted by Crippen LogP contribution is 2.39. The summed E-state index contributed by atoms with van der Waals surface area (Å²) in [4.78, 5) is 11.9. The Morgan fingerprint density at radius 1 is 1.27 bits per heavy atom. The van der Waals surface area contributed by atoms with Crippen LogP contribution in [0.2, 0.25) is 0 Å². The second-order valence-corrected chi connectivity index (χ2v) is 5.22. The van der Waals surface area contributed by atoms with Gasteiger partial charge in [0.25, 0.3) is 5.92 Å². The maximum absolute atomic E-state index is 13.2. The Labute approximate surface area is 121 Å². The van der Waals surface area contributed by atoms with Crippen molar-refractivity contribution >= 4 is 11.6 Å². The van der Waals surface area contributed by atoms with Crippen LogP contribution in [0.3, 0.4) is 0 Å². The fourth-order valence-corrected chi connectivity index (χ4v) is 2.39. The maximum atomic E-state index is 13.2. The fourth-order valence-electron chi connectivity index (χ4n) is 2.39. The molecule has 1 aromatic carbocycles. The first kappa shape index (κ1) is 16.6. The van der Waals surface area contributed by atoms with Crippen LogP contribution in [0.25, 0.3) is 0 Å². The third-order valence-corrected chi connectivity index (χ3v) is 3.45. The van der Waals surface area contributed by atoms with Gasteiger partial charge in [-0.05, 0) is 18.2 Å². The number of carbonyl (C=O) groups excluding carboxylic acids is 1. The molecule has 1 aromatic rings. The first-order valence-corrected chi connectivity index (χ1v) is 6.30. The Morgan fingerprint density at radius 3 is 2.41 bits per heavy atom. The molecule has 3 N–H and O–H groups in total. The lowest BCUT2D eigenvalue weighted by Crippen LogP contribution is -2.34. The van der Waals surface area contributed by atoms with Gasteiger partial charge in [0, 0.05) is 24.6 Å². The normalized spacial score (nSPS) is 24.3. The second-order valence-electron chi connectivity index (χ2n) is 5.22. The molecule has 1 saturated carbocycles. The Morgan fingerprint density at radius 2 is 1.91 bits per heavy atom. The second kappa shape index (κ2) is 5.45. The van der Waals surface area contributed by atoms with E-state index in [1.165, 1.54) is 0 Å². The highest BCUT2D eigenvalue weighted by Gasteiger charge is 2.47. The molecule has 2 atom stereocenters. The number of halogens is 6. The monoisotopic (exact) mass is 326 g/mol. The molecule has 122 valence electrons. The van der Waals surface area contributed by atoms with Gasteiger partial charge in [-0.15, -0.1) is 0 Å². The first-order chi connectivity index (χ1) is 9.99. The van der Waals surface area contributed by atoms with E-state index < -0.39 is 54.2 Å². The number of anilines is 1. The van der Waals surface area contributed by atoms with Crippen LogP contribution in [0, 0.1) is 11.7 Å². The molecule has 1 fully saturated rings. The van der Waals surface area contributed by atoms with E-state index in [4.69, 9.17) is 5.73 Å². The average Bonchev–Trinajstić information content (AvgIpc) is 2.64. The van der Waals surface area contributed by atoms with Gasteiger partial charge in [-0.3, -0.25) is 4.79 Å². The molecule has 0 heterocycles. The number of amides is 1. The zero-order valence-electron chi connectivity index (χ0n) is 11.1. The molecule has 1 amide bonds. The maximum Gasteiger partial charge on any atom is 0.419 e. The van der Waals surface area contributed by atoms with E-state index in [1.54, 1.807) is 0 Å². The number of nitrogens with two attached hydrogens (primary N) is 1. The summed E-state index contributed by atoms with van der Waals surface area (Å²) in [6, 6.07) is 0.784. The molecular weight excluding hydrogens is 314 g/mol. The minimum Gasteiger partial charge on any atom is -0.327 e. The lowest BCUT2D eigenvalue weighted by molar-refractivity contribution is -0.140. The number of rotatable bonds is 2. The van der Waals surface area contributed by atoms with Crippen LogP contribution in [0.1, 0.15) is 18.4 Å². The molecule has 3 nitrogen and oxygen atoms in total. The molecule has 22 heavy (non-hydrogen) atoms. The molecule has 0 spiro atoms. The number of hydrogen-bond donors (Lipinski definition) is 2. The smallest absolute Gasteiger partial charge is 0.327 e. The van der Waals surface area contributed by atoms with Gasteiger partial charge in [-0.1, -0.05) is 0 Å². The van der Waals surface area contributed by atoms with Crippen molar-refractivity contribution in [2.75, 3.05) is 5.32 Å². The van der Waals surface area contributed by atoms with Crippen LogP contribution in [0.5, 0.6) is 0 Å². The summed E-state index contributed by atoms with van der Waals surface area (Å²) < 4.78 is 77.1. The fraction of sp³-hybridized carbons (Fsp3) is 0.462. The van der Waals surface area contributed by atoms with Gasteiger partial charge in [-0.2, -0.15) is 13.2 Å². The van der Waals surface area contributed by atoms with E-state index in [0.29, 0.717) is 12.1 Å². The largest absolute Gasteiger partial charge is 0.419 e. The van der Waals surface area contributed by atoms with Crippen LogP contribution >= 0.6 is 0 Å². The van der Waals surface area contributed by atoms with Crippen molar-refractivity contribution in [2.24, 2.45) is 11.7 Å². The van der Waals surface area contributed by atoms with Gasteiger partial charge in [0.15, 0.2) is 0 Å². The predicted octanol–water partition coefficient (Wildman–Crippen LogP) is 3.16. The van der Waals surface area contributed by atoms with Crippen LogP contribution in [-0.4, -0.2) is 17.9 Å². The van der Waals surface area contributed by atoms with Crippen LogP contribution in [-0.2, 0) is 11.0 Å². The summed E-state index contributed by atoms with van der Waals surface area (Å²) in [5.74, 6) is -6.70. The molecule has 0 bridgehead atoms. The SMILES string of the molecule is N[C@H]1CC(F)(F)C[C@H]1C(=O)Nc1ccc(F)c(C(F)(F)F)c1. The zero-order valence-corrected chi connectivity index (χ0v) is 11.1. The Bertz CT molecular complexity index is 586. The Kier molecular flexibility index (Phi) is 4.12. The summed E-state index contributed by atoms with van der Waals surface area (Å²) in [6.07, 6.45) is -6.36. The molecule has 0 aromatic heterocycles. The van der Waals surface area contributed by atoms with Gasteiger partial charge < -0.3 is 11.1 Å². The summed E-state index contributed by atoms with van der Waals surface area (Å²) in [5, 5.41) is 2.07. The Hall–Kier alpha value is -1.77. The number of carbonyl (C=O) groups is 1. The van der Waals surface area contributed by atoms with E-state index in [9.17, 15) is 31.1 Å². The van der Waals surface area contributed by atoms with Crippen LogP contribution in [0.4, 0.5) is 32.0 Å². The lowest BCUT2D eigenvalue weighted by Gasteiger charge is -2.16. The first-order valence-electron chi connectivity index (χ1n) is 6.30. The van der Waals surface area contributed by atoms with Gasteiger partial charge in [0.05, 0.1) is 11.5 Å². The van der Waals surface area contributed by atoms with Gasteiger partial charge in [0.2, 0.25) is 5.91 Å². The van der Waals surface area contributed by atoms with Crippen molar-refractivity contribution < 1.29 is 31.1 Å². The summed E-state index contributed by atoms with van der Waals surface area (Å²) in [7, 11) is 0. The molecule has 0 saturated heterocycles. The van der Waals surface area contributed by atoms with Gasteiger partial charge in [-0.25, -0.2) is 13.2 Å². The summed E-state index contributed by atoms with van der Waals surface area (Å²) in [6.45, 7) is 0. The predicted molar refractivity (Wildman–Crippen MR) is 65.7 cm³/mol. The molecule has 0 aliphatic heterocycles. The topological polar surface area (TPSA) is 55.1 Å². The van der Waals surface area contributed by atoms with E-state index >= 15 is 0 Å².